The van der Waals surface area contributed by atoms with Crippen molar-refractivity contribution >= 4 is 10.1 Å². The average molecular weight is 197 g/mol. The molecule has 0 aliphatic rings. The van der Waals surface area contributed by atoms with Crippen LogP contribution < -0.4 is 0 Å². The van der Waals surface area contributed by atoms with Gasteiger partial charge in [-0.15, -0.1) is 0 Å². The van der Waals surface area contributed by atoms with E-state index in [1.165, 1.54) is 0 Å². The van der Waals surface area contributed by atoms with Crippen LogP contribution in [0.25, 0.3) is 0 Å². The molecule has 6 heteroatoms. The van der Waals surface area contributed by atoms with Gasteiger partial charge in [0.1, 0.15) is 0 Å². The highest BCUT2D eigenvalue weighted by Crippen LogP contribution is 2.02. The second-order valence-corrected chi connectivity index (χ2v) is 4.05. The van der Waals surface area contributed by atoms with Crippen LogP contribution in [0.15, 0.2) is 0 Å². The van der Waals surface area contributed by atoms with Crippen LogP contribution in [0.4, 0.5) is 0 Å². The quantitative estimate of drug-likeness (QED) is 0.423. The summed E-state index contributed by atoms with van der Waals surface area (Å²) in [6, 6.07) is 0. The molecule has 12 heavy (non-hydrogen) atoms. The summed E-state index contributed by atoms with van der Waals surface area (Å²) in [5.74, 6) is -0.738. The molecule has 0 radical (unpaired) electrons. The second-order valence-electron chi connectivity index (χ2n) is 2.60. The Kier molecular flexibility index (Phi) is 5.39. The summed E-state index contributed by atoms with van der Waals surface area (Å²) in [6.07, 6.45) is 0.171. The molecule has 0 fully saturated rings. The molecule has 1 unspecified atom stereocenters. The second kappa shape index (κ2) is 5.47. The molecule has 1 atom stereocenters. The van der Waals surface area contributed by atoms with Crippen molar-refractivity contribution in [2.24, 2.45) is 0 Å². The Labute approximate surface area is 71.8 Å². The molecule has 0 aliphatic heterocycles. The van der Waals surface area contributed by atoms with E-state index in [4.69, 9.17) is 10.2 Å². The van der Waals surface area contributed by atoms with Gasteiger partial charge in [-0.25, -0.2) is 8.42 Å². The van der Waals surface area contributed by atoms with Crippen molar-refractivity contribution in [3.05, 3.63) is 0 Å². The Morgan fingerprint density at radius 2 is 1.92 bits per heavy atom. The largest absolute Gasteiger partial charge is 0.748 e. The monoisotopic (exact) mass is 197 g/mol. The van der Waals surface area contributed by atoms with Crippen molar-refractivity contribution in [2.45, 2.75) is 25.4 Å². The van der Waals surface area contributed by atoms with Crippen molar-refractivity contribution in [3.8, 4) is 0 Å². The van der Waals surface area contributed by atoms with Gasteiger partial charge in [-0.2, -0.15) is 0 Å². The number of hydrogen-bond acceptors (Lipinski definition) is 5. The van der Waals surface area contributed by atoms with Crippen molar-refractivity contribution in [1.82, 2.24) is 0 Å². The smallest absolute Gasteiger partial charge is 0.0971 e. The average Bonchev–Trinajstić information content (AvgIpc) is 1.84. The molecule has 0 saturated heterocycles. The first-order valence-electron chi connectivity index (χ1n) is 3.68. The molecule has 0 amide bonds. The summed E-state index contributed by atoms with van der Waals surface area (Å²) in [6.45, 7) is 0.0108. The highest BCUT2D eigenvalue weighted by Gasteiger charge is 2.07. The fourth-order valence-electron chi connectivity index (χ4n) is 0.811. The predicted molar refractivity (Wildman–Crippen MR) is 41.5 cm³/mol. The molecule has 0 spiro atoms. The number of hydrogen-bond donors (Lipinski definition) is 2. The van der Waals surface area contributed by atoms with E-state index in [1.54, 1.807) is 0 Å². The molecular formula is C6H13O5S-. The minimum atomic E-state index is -4.32. The lowest BCUT2D eigenvalue weighted by atomic mass is 10.2. The van der Waals surface area contributed by atoms with Gasteiger partial charge in [0.2, 0.25) is 0 Å². The minimum Gasteiger partial charge on any atom is -0.748 e. The molecule has 0 rings (SSSR count). The number of rotatable bonds is 6. The number of unbranched alkanes of at least 4 members (excludes halogenated alkanes) is 1. The fourth-order valence-corrected chi connectivity index (χ4v) is 1.45. The maximum absolute atomic E-state index is 10.1. The van der Waals surface area contributed by atoms with Crippen LogP contribution in [-0.4, -0.2) is 41.6 Å². The summed E-state index contributed by atoms with van der Waals surface area (Å²) in [7, 11) is -4.32. The van der Waals surface area contributed by atoms with E-state index in [2.05, 4.69) is 0 Å². The molecule has 0 heterocycles. The van der Waals surface area contributed by atoms with Gasteiger partial charge < -0.3 is 14.8 Å². The first-order chi connectivity index (χ1) is 5.45. The van der Waals surface area contributed by atoms with Crippen LogP contribution in [0.1, 0.15) is 19.3 Å². The Morgan fingerprint density at radius 1 is 1.33 bits per heavy atom. The third-order valence-corrected chi connectivity index (χ3v) is 2.13. The molecule has 0 bridgehead atoms. The lowest BCUT2D eigenvalue weighted by Crippen LogP contribution is -2.20. The van der Waals surface area contributed by atoms with Gasteiger partial charge in [0.15, 0.2) is 0 Å². The number of aliphatic hydroxyl groups excluding tert-OH is 2. The van der Waals surface area contributed by atoms with E-state index in [-0.39, 0.29) is 13.0 Å². The van der Waals surface area contributed by atoms with Gasteiger partial charge in [0.05, 0.1) is 22.0 Å². The summed E-state index contributed by atoms with van der Waals surface area (Å²) >= 11 is 0. The lowest BCUT2D eigenvalue weighted by molar-refractivity contribution is 0.175. The van der Waals surface area contributed by atoms with E-state index in [1.807, 2.05) is 0 Å². The summed E-state index contributed by atoms with van der Waals surface area (Å²) in [5, 5.41) is 17.3. The SMILES string of the molecule is O=S(=O)([O-])CC(O)CCCCO. The van der Waals surface area contributed by atoms with Crippen molar-refractivity contribution in [2.75, 3.05) is 12.4 Å². The van der Waals surface area contributed by atoms with Crippen LogP contribution in [0.2, 0.25) is 0 Å². The van der Waals surface area contributed by atoms with Crippen LogP contribution in [-0.2, 0) is 10.1 Å². The highest BCUT2D eigenvalue weighted by molar-refractivity contribution is 7.85. The van der Waals surface area contributed by atoms with Crippen LogP contribution >= 0.6 is 0 Å². The predicted octanol–water partition coefficient (Wildman–Crippen LogP) is -0.945. The molecule has 0 saturated carbocycles. The first-order valence-corrected chi connectivity index (χ1v) is 5.26. The molecule has 0 aromatic carbocycles. The zero-order chi connectivity index (χ0) is 9.61. The van der Waals surface area contributed by atoms with Gasteiger partial charge in [-0.3, -0.25) is 0 Å². The standard InChI is InChI=1S/C6H14O5S/c7-4-2-1-3-6(8)5-12(9,10)11/h6-8H,1-5H2,(H,9,10,11)/p-1. The lowest BCUT2D eigenvalue weighted by Gasteiger charge is -2.12. The van der Waals surface area contributed by atoms with Gasteiger partial charge in [0.25, 0.3) is 0 Å². The molecule has 0 aliphatic carbocycles. The fraction of sp³-hybridized carbons (Fsp3) is 1.00. The minimum absolute atomic E-state index is 0.0108. The van der Waals surface area contributed by atoms with Crippen molar-refractivity contribution in [3.63, 3.8) is 0 Å². The van der Waals surface area contributed by atoms with E-state index in [0.717, 1.165) is 0 Å². The third-order valence-electron chi connectivity index (χ3n) is 1.34. The molecular weight excluding hydrogens is 184 g/mol. The zero-order valence-corrected chi connectivity index (χ0v) is 7.46. The first kappa shape index (κ1) is 11.8. The highest BCUT2D eigenvalue weighted by atomic mass is 32.2. The maximum Gasteiger partial charge on any atom is 0.0971 e. The van der Waals surface area contributed by atoms with E-state index >= 15 is 0 Å². The normalized spacial score (nSPS) is 14.6. The van der Waals surface area contributed by atoms with Gasteiger partial charge in [-0.1, -0.05) is 0 Å². The zero-order valence-electron chi connectivity index (χ0n) is 6.64. The Bertz CT molecular complexity index is 198. The van der Waals surface area contributed by atoms with Crippen LogP contribution in [0.5, 0.6) is 0 Å². The van der Waals surface area contributed by atoms with E-state index in [9.17, 15) is 13.0 Å². The van der Waals surface area contributed by atoms with Gasteiger partial charge >= 0.3 is 0 Å². The molecule has 74 valence electrons. The Morgan fingerprint density at radius 3 is 2.33 bits per heavy atom. The molecule has 5 nitrogen and oxygen atoms in total. The van der Waals surface area contributed by atoms with Gasteiger partial charge in [0, 0.05) is 6.61 Å². The Balaban J connectivity index is 3.53. The molecule has 2 N–H and O–H groups in total. The van der Waals surface area contributed by atoms with E-state index in [0.29, 0.717) is 12.8 Å². The molecule has 0 aromatic rings. The maximum atomic E-state index is 10.1. The van der Waals surface area contributed by atoms with Crippen molar-refractivity contribution in [1.29, 1.82) is 0 Å². The topological polar surface area (TPSA) is 97.7 Å². The van der Waals surface area contributed by atoms with Crippen molar-refractivity contribution < 1.29 is 23.2 Å². The van der Waals surface area contributed by atoms with E-state index < -0.39 is 22.0 Å². The number of aliphatic hydroxyl groups is 2. The third kappa shape index (κ3) is 7.93. The van der Waals surface area contributed by atoms with Crippen LogP contribution in [0.3, 0.4) is 0 Å². The molecule has 0 aromatic heterocycles. The summed E-state index contributed by atoms with van der Waals surface area (Å²) in [4.78, 5) is 0. The summed E-state index contributed by atoms with van der Waals surface area (Å²) < 4.78 is 30.3. The van der Waals surface area contributed by atoms with Crippen LogP contribution in [0, 0.1) is 0 Å². The summed E-state index contributed by atoms with van der Waals surface area (Å²) in [5.41, 5.74) is 0. The Hall–Kier alpha value is -0.170. The van der Waals surface area contributed by atoms with Gasteiger partial charge in [-0.05, 0) is 19.3 Å².